The maximum absolute atomic E-state index is 8.78. The molecule has 0 spiro atoms. The van der Waals surface area contributed by atoms with E-state index in [9.17, 15) is 0 Å². The third-order valence-corrected chi connectivity index (χ3v) is 3.03. The van der Waals surface area contributed by atoms with Crippen LogP contribution in [0.1, 0.15) is 43.7 Å². The van der Waals surface area contributed by atoms with Gasteiger partial charge in [-0.05, 0) is 30.4 Å². The van der Waals surface area contributed by atoms with Crippen molar-refractivity contribution in [3.63, 3.8) is 0 Å². The van der Waals surface area contributed by atoms with Crippen LogP contribution in [0.25, 0.3) is 0 Å². The summed E-state index contributed by atoms with van der Waals surface area (Å²) in [6.45, 7) is 4.81. The Labute approximate surface area is 97.4 Å². The minimum absolute atomic E-state index is 0.414. The van der Waals surface area contributed by atoms with Crippen molar-refractivity contribution in [3.05, 3.63) is 29.3 Å². The van der Waals surface area contributed by atoms with E-state index >= 15 is 0 Å². The second kappa shape index (κ2) is 6.51. The molecule has 3 heteroatoms. The van der Waals surface area contributed by atoms with Crippen molar-refractivity contribution < 1.29 is 9.94 Å². The lowest BCUT2D eigenvalue weighted by molar-refractivity contribution is 0.160. The van der Waals surface area contributed by atoms with Crippen molar-refractivity contribution in [1.29, 1.82) is 0 Å². The molecule has 0 saturated heterocycles. The van der Waals surface area contributed by atoms with Gasteiger partial charge in [0.15, 0.2) is 0 Å². The summed E-state index contributed by atoms with van der Waals surface area (Å²) in [4.78, 5) is 0. The summed E-state index contributed by atoms with van der Waals surface area (Å²) in [5.74, 6) is 1.40. The molecule has 0 saturated carbocycles. The van der Waals surface area contributed by atoms with E-state index in [2.05, 4.69) is 31.5 Å². The highest BCUT2D eigenvalue weighted by Gasteiger charge is 2.10. The highest BCUT2D eigenvalue weighted by Crippen LogP contribution is 2.28. The molecule has 0 aliphatic carbocycles. The normalized spacial score (nSPS) is 10.8. The van der Waals surface area contributed by atoms with Crippen molar-refractivity contribution in [2.24, 2.45) is 0 Å². The highest BCUT2D eigenvalue weighted by atomic mass is 16.5. The number of hydroxylamine groups is 1. The zero-order chi connectivity index (χ0) is 12.0. The first-order valence-electron chi connectivity index (χ1n) is 5.80. The molecule has 0 fully saturated rings. The molecule has 3 nitrogen and oxygen atoms in total. The van der Waals surface area contributed by atoms with Gasteiger partial charge in [-0.1, -0.05) is 26.0 Å². The van der Waals surface area contributed by atoms with Crippen molar-refractivity contribution in [1.82, 2.24) is 5.48 Å². The van der Waals surface area contributed by atoms with E-state index in [4.69, 9.17) is 9.94 Å². The van der Waals surface area contributed by atoms with E-state index in [1.807, 2.05) is 6.07 Å². The van der Waals surface area contributed by atoms with Gasteiger partial charge in [0.25, 0.3) is 0 Å². The van der Waals surface area contributed by atoms with Gasteiger partial charge in [0.05, 0.1) is 7.11 Å². The summed E-state index contributed by atoms with van der Waals surface area (Å²) in [5.41, 5.74) is 4.49. The Morgan fingerprint density at radius 2 is 2.00 bits per heavy atom. The van der Waals surface area contributed by atoms with Crippen LogP contribution in [0.3, 0.4) is 0 Å². The number of ether oxygens (including phenoxy) is 1. The number of benzene rings is 1. The molecule has 0 radical (unpaired) electrons. The lowest BCUT2D eigenvalue weighted by Gasteiger charge is -2.16. The van der Waals surface area contributed by atoms with Gasteiger partial charge >= 0.3 is 0 Å². The summed E-state index contributed by atoms with van der Waals surface area (Å²) >= 11 is 0. The van der Waals surface area contributed by atoms with E-state index in [-0.39, 0.29) is 0 Å². The Balaban J connectivity index is 3.00. The van der Waals surface area contributed by atoms with Gasteiger partial charge in [-0.2, -0.15) is 0 Å². The standard InChI is InChI=1S/C13H21NO2/c1-4-10(5-2)11-6-7-13(16-3)12(8-11)9-14-15/h6-8,10,14-15H,4-5,9H2,1-3H3. The molecule has 0 unspecified atom stereocenters. The Kier molecular flexibility index (Phi) is 5.29. The summed E-state index contributed by atoms with van der Waals surface area (Å²) in [6, 6.07) is 6.19. The molecule has 1 aromatic carbocycles. The molecule has 0 aliphatic rings. The smallest absolute Gasteiger partial charge is 0.123 e. The minimum Gasteiger partial charge on any atom is -0.496 e. The highest BCUT2D eigenvalue weighted by molar-refractivity contribution is 5.38. The average Bonchev–Trinajstić information content (AvgIpc) is 2.31. The van der Waals surface area contributed by atoms with E-state index in [1.54, 1.807) is 7.11 Å². The topological polar surface area (TPSA) is 41.5 Å². The molecule has 0 aliphatic heterocycles. The first-order chi connectivity index (χ1) is 7.76. The third kappa shape index (κ3) is 2.97. The quantitative estimate of drug-likeness (QED) is 0.728. The van der Waals surface area contributed by atoms with Gasteiger partial charge < -0.3 is 9.94 Å². The predicted molar refractivity (Wildman–Crippen MR) is 64.9 cm³/mol. The maximum Gasteiger partial charge on any atom is 0.123 e. The summed E-state index contributed by atoms with van der Waals surface area (Å²) in [7, 11) is 1.65. The second-order valence-corrected chi connectivity index (χ2v) is 3.92. The van der Waals surface area contributed by atoms with Gasteiger partial charge in [-0.3, -0.25) is 0 Å². The van der Waals surface area contributed by atoms with Crippen LogP contribution in [-0.2, 0) is 6.54 Å². The molecular formula is C13H21NO2. The average molecular weight is 223 g/mol. The first-order valence-corrected chi connectivity index (χ1v) is 5.80. The lowest BCUT2D eigenvalue weighted by Crippen LogP contribution is -2.08. The molecule has 0 atom stereocenters. The van der Waals surface area contributed by atoms with Crippen LogP contribution < -0.4 is 10.2 Å². The zero-order valence-electron chi connectivity index (χ0n) is 10.3. The first kappa shape index (κ1) is 13.0. The molecule has 16 heavy (non-hydrogen) atoms. The zero-order valence-corrected chi connectivity index (χ0v) is 10.3. The Morgan fingerprint density at radius 1 is 1.31 bits per heavy atom. The Bertz CT molecular complexity index is 322. The van der Waals surface area contributed by atoms with Crippen LogP contribution in [0.4, 0.5) is 0 Å². The molecule has 0 amide bonds. The van der Waals surface area contributed by atoms with Crippen LogP contribution in [0.5, 0.6) is 5.75 Å². The fourth-order valence-corrected chi connectivity index (χ4v) is 2.04. The van der Waals surface area contributed by atoms with E-state index in [0.717, 1.165) is 24.2 Å². The molecule has 0 heterocycles. The molecule has 1 aromatic rings. The summed E-state index contributed by atoms with van der Waals surface area (Å²) in [5, 5.41) is 8.78. The van der Waals surface area contributed by atoms with E-state index in [1.165, 1.54) is 5.56 Å². The van der Waals surface area contributed by atoms with Crippen LogP contribution >= 0.6 is 0 Å². The van der Waals surface area contributed by atoms with Crippen LogP contribution in [0.15, 0.2) is 18.2 Å². The van der Waals surface area contributed by atoms with Gasteiger partial charge in [0, 0.05) is 12.1 Å². The van der Waals surface area contributed by atoms with Gasteiger partial charge in [-0.15, -0.1) is 0 Å². The Morgan fingerprint density at radius 3 is 2.50 bits per heavy atom. The summed E-state index contributed by atoms with van der Waals surface area (Å²) < 4.78 is 5.25. The number of hydrogen-bond donors (Lipinski definition) is 2. The number of nitrogens with one attached hydrogen (secondary N) is 1. The number of methoxy groups -OCH3 is 1. The minimum atomic E-state index is 0.414. The predicted octanol–water partition coefficient (Wildman–Crippen LogP) is 3.08. The van der Waals surface area contributed by atoms with Crippen molar-refractivity contribution in [2.75, 3.05) is 7.11 Å². The SMILES string of the molecule is CCC(CC)c1ccc(OC)c(CNO)c1. The van der Waals surface area contributed by atoms with Gasteiger partial charge in [0.2, 0.25) is 0 Å². The molecule has 0 bridgehead atoms. The molecular weight excluding hydrogens is 202 g/mol. The molecule has 90 valence electrons. The monoisotopic (exact) mass is 223 g/mol. The third-order valence-electron chi connectivity index (χ3n) is 3.03. The summed E-state index contributed by atoms with van der Waals surface area (Å²) in [6.07, 6.45) is 2.27. The molecule has 2 N–H and O–H groups in total. The maximum atomic E-state index is 8.78. The van der Waals surface area contributed by atoms with Crippen molar-refractivity contribution in [3.8, 4) is 5.75 Å². The van der Waals surface area contributed by atoms with E-state index in [0.29, 0.717) is 12.5 Å². The van der Waals surface area contributed by atoms with Crippen LogP contribution in [0, 0.1) is 0 Å². The fraction of sp³-hybridized carbons (Fsp3) is 0.538. The van der Waals surface area contributed by atoms with Crippen LogP contribution in [-0.4, -0.2) is 12.3 Å². The van der Waals surface area contributed by atoms with E-state index < -0.39 is 0 Å². The number of hydrogen-bond acceptors (Lipinski definition) is 3. The Hall–Kier alpha value is -1.06. The largest absolute Gasteiger partial charge is 0.496 e. The molecule has 0 aromatic heterocycles. The lowest BCUT2D eigenvalue weighted by atomic mass is 9.92. The fourth-order valence-electron chi connectivity index (χ4n) is 2.04. The van der Waals surface area contributed by atoms with Gasteiger partial charge in [0.1, 0.15) is 5.75 Å². The number of rotatable bonds is 6. The molecule has 1 rings (SSSR count). The van der Waals surface area contributed by atoms with Crippen LogP contribution in [0.2, 0.25) is 0 Å². The van der Waals surface area contributed by atoms with Crippen molar-refractivity contribution >= 4 is 0 Å². The van der Waals surface area contributed by atoms with Crippen molar-refractivity contribution in [2.45, 2.75) is 39.2 Å². The second-order valence-electron chi connectivity index (χ2n) is 3.92. The van der Waals surface area contributed by atoms with Gasteiger partial charge in [-0.25, -0.2) is 5.48 Å².